The normalized spacial score (nSPS) is 12.0. The lowest BCUT2D eigenvalue weighted by atomic mass is 10.1. The van der Waals surface area contributed by atoms with Crippen LogP contribution in [0.4, 0.5) is 0 Å². The molecule has 0 bridgehead atoms. The number of nitrogens with one attached hydrogen (secondary N) is 1. The molecule has 168 valence electrons. The minimum atomic E-state index is -0.601. The Bertz CT molecular complexity index is 873. The van der Waals surface area contributed by atoms with Crippen LogP contribution in [-0.2, 0) is 21.9 Å². The number of thioether (sulfide) groups is 1. The van der Waals surface area contributed by atoms with Crippen molar-refractivity contribution in [1.29, 1.82) is 0 Å². The molecular formula is C23H27BrCl2N2O2S. The Kier molecular flexibility index (Phi) is 10.7. The summed E-state index contributed by atoms with van der Waals surface area (Å²) in [4.78, 5) is 27.7. The average Bonchev–Trinajstić information content (AvgIpc) is 2.70. The third-order valence-electron chi connectivity index (χ3n) is 4.61. The number of hydrogen-bond donors (Lipinski definition) is 1. The summed E-state index contributed by atoms with van der Waals surface area (Å²) >= 11 is 17.7. The summed E-state index contributed by atoms with van der Waals surface area (Å²) < 4.78 is 1.02. The van der Waals surface area contributed by atoms with Gasteiger partial charge in [0.15, 0.2) is 0 Å². The van der Waals surface area contributed by atoms with Crippen molar-refractivity contribution < 1.29 is 9.59 Å². The van der Waals surface area contributed by atoms with Gasteiger partial charge in [0.2, 0.25) is 11.8 Å². The molecule has 8 heteroatoms. The second-order valence-corrected chi connectivity index (χ2v) is 10.1. The van der Waals surface area contributed by atoms with Crippen molar-refractivity contribution in [2.75, 3.05) is 5.75 Å². The number of benzene rings is 2. The number of halogens is 3. The Labute approximate surface area is 207 Å². The highest BCUT2D eigenvalue weighted by Gasteiger charge is 2.29. The van der Waals surface area contributed by atoms with Crippen LogP contribution >= 0.6 is 50.9 Å². The van der Waals surface area contributed by atoms with E-state index >= 15 is 0 Å². The Balaban J connectivity index is 2.19. The van der Waals surface area contributed by atoms with Gasteiger partial charge in [0.1, 0.15) is 6.04 Å². The highest BCUT2D eigenvalue weighted by molar-refractivity contribution is 9.10. The van der Waals surface area contributed by atoms with Crippen LogP contribution in [0.1, 0.15) is 38.3 Å². The van der Waals surface area contributed by atoms with Gasteiger partial charge in [-0.3, -0.25) is 9.59 Å². The van der Waals surface area contributed by atoms with E-state index in [1.165, 1.54) is 11.8 Å². The van der Waals surface area contributed by atoms with E-state index in [0.717, 1.165) is 10.0 Å². The largest absolute Gasteiger partial charge is 0.352 e. The summed E-state index contributed by atoms with van der Waals surface area (Å²) in [5, 5.41) is 3.88. The molecule has 1 N–H and O–H groups in total. The topological polar surface area (TPSA) is 49.4 Å². The minimum Gasteiger partial charge on any atom is -0.352 e. The second kappa shape index (κ2) is 12.7. The van der Waals surface area contributed by atoms with Gasteiger partial charge in [-0.2, -0.15) is 0 Å². The van der Waals surface area contributed by atoms with Crippen LogP contribution in [0.5, 0.6) is 0 Å². The SMILES string of the molecule is CC[C@@H](C(=O)NC(C)C)N(Cc1c(Cl)cccc1Cl)C(=O)CSCc1ccc(Br)cc1. The molecule has 0 fully saturated rings. The molecule has 2 aromatic rings. The maximum atomic E-state index is 13.2. The Morgan fingerprint density at radius 2 is 1.71 bits per heavy atom. The van der Waals surface area contributed by atoms with Crippen LogP contribution in [0.2, 0.25) is 10.0 Å². The van der Waals surface area contributed by atoms with Crippen molar-refractivity contribution in [3.05, 3.63) is 68.1 Å². The quantitative estimate of drug-likeness (QED) is 0.380. The smallest absolute Gasteiger partial charge is 0.243 e. The molecule has 0 spiro atoms. The van der Waals surface area contributed by atoms with Crippen LogP contribution in [-0.4, -0.2) is 34.6 Å². The van der Waals surface area contributed by atoms with Crippen molar-refractivity contribution in [2.24, 2.45) is 0 Å². The van der Waals surface area contributed by atoms with Gasteiger partial charge in [-0.05, 0) is 50.1 Å². The van der Waals surface area contributed by atoms with Crippen LogP contribution in [0, 0.1) is 0 Å². The van der Waals surface area contributed by atoms with Gasteiger partial charge in [0.05, 0.1) is 5.75 Å². The molecule has 0 unspecified atom stereocenters. The van der Waals surface area contributed by atoms with Crippen molar-refractivity contribution in [3.8, 4) is 0 Å². The summed E-state index contributed by atoms with van der Waals surface area (Å²) in [6.45, 7) is 5.87. The lowest BCUT2D eigenvalue weighted by Crippen LogP contribution is -2.51. The van der Waals surface area contributed by atoms with Gasteiger partial charge in [-0.1, -0.05) is 64.3 Å². The second-order valence-electron chi connectivity index (χ2n) is 7.43. The van der Waals surface area contributed by atoms with Crippen molar-refractivity contribution in [1.82, 2.24) is 10.2 Å². The standard InChI is InChI=1S/C23H27BrCl2N2O2S/c1-4-21(23(30)27-15(2)3)28(12-18-19(25)6-5-7-20(18)26)22(29)14-31-13-16-8-10-17(24)11-9-16/h5-11,15,21H,4,12-14H2,1-3H3,(H,27,30)/t21-/m0/s1. The molecular weight excluding hydrogens is 519 g/mol. The average molecular weight is 546 g/mol. The summed E-state index contributed by atoms with van der Waals surface area (Å²) in [6.07, 6.45) is 0.490. The number of nitrogens with zero attached hydrogens (tertiary/aromatic N) is 1. The van der Waals surface area contributed by atoms with E-state index in [4.69, 9.17) is 23.2 Å². The first-order chi connectivity index (χ1) is 14.7. The van der Waals surface area contributed by atoms with Gasteiger partial charge in [-0.25, -0.2) is 0 Å². The van der Waals surface area contributed by atoms with Crippen LogP contribution in [0.15, 0.2) is 46.9 Å². The molecule has 2 amide bonds. The van der Waals surface area contributed by atoms with E-state index in [0.29, 0.717) is 27.8 Å². The molecule has 2 aromatic carbocycles. The number of rotatable bonds is 10. The monoisotopic (exact) mass is 544 g/mol. The van der Waals surface area contributed by atoms with Gasteiger partial charge in [0, 0.05) is 38.4 Å². The summed E-state index contributed by atoms with van der Waals surface area (Å²) in [5.74, 6) is 0.661. The van der Waals surface area contributed by atoms with E-state index in [1.54, 1.807) is 23.1 Å². The molecule has 0 saturated carbocycles. The zero-order valence-electron chi connectivity index (χ0n) is 17.8. The molecule has 1 atom stereocenters. The number of hydrogen-bond acceptors (Lipinski definition) is 3. The molecule has 0 aliphatic carbocycles. The number of amides is 2. The molecule has 0 heterocycles. The Hall–Kier alpha value is -1.21. The molecule has 0 radical (unpaired) electrons. The maximum absolute atomic E-state index is 13.2. The fourth-order valence-electron chi connectivity index (χ4n) is 3.07. The fraction of sp³-hybridized carbons (Fsp3) is 0.391. The minimum absolute atomic E-state index is 0.0193. The highest BCUT2D eigenvalue weighted by atomic mass is 79.9. The fourth-order valence-corrected chi connectivity index (χ4v) is 4.73. The summed E-state index contributed by atoms with van der Waals surface area (Å²) in [6, 6.07) is 12.6. The van der Waals surface area contributed by atoms with Crippen LogP contribution in [0.3, 0.4) is 0 Å². The molecule has 4 nitrogen and oxygen atoms in total. The van der Waals surface area contributed by atoms with Crippen LogP contribution in [0.25, 0.3) is 0 Å². The molecule has 0 aromatic heterocycles. The maximum Gasteiger partial charge on any atom is 0.243 e. The molecule has 0 aliphatic heterocycles. The van der Waals surface area contributed by atoms with E-state index in [9.17, 15) is 9.59 Å². The third kappa shape index (κ3) is 8.01. The van der Waals surface area contributed by atoms with Crippen LogP contribution < -0.4 is 5.32 Å². The van der Waals surface area contributed by atoms with Crippen molar-refractivity contribution in [2.45, 2.75) is 51.6 Å². The Morgan fingerprint density at radius 1 is 1.10 bits per heavy atom. The van der Waals surface area contributed by atoms with Crippen molar-refractivity contribution in [3.63, 3.8) is 0 Å². The zero-order chi connectivity index (χ0) is 23.0. The lowest BCUT2D eigenvalue weighted by Gasteiger charge is -2.31. The number of carbonyl (C=O) groups excluding carboxylic acids is 2. The first-order valence-electron chi connectivity index (χ1n) is 10.1. The van der Waals surface area contributed by atoms with Crippen molar-refractivity contribution >= 4 is 62.7 Å². The zero-order valence-corrected chi connectivity index (χ0v) is 21.7. The predicted octanol–water partition coefficient (Wildman–Crippen LogP) is 6.32. The van der Waals surface area contributed by atoms with E-state index < -0.39 is 6.04 Å². The van der Waals surface area contributed by atoms with Gasteiger partial charge >= 0.3 is 0 Å². The third-order valence-corrected chi connectivity index (χ3v) is 6.84. The molecule has 2 rings (SSSR count). The van der Waals surface area contributed by atoms with Gasteiger partial charge < -0.3 is 10.2 Å². The summed E-state index contributed by atoms with van der Waals surface area (Å²) in [5.41, 5.74) is 1.78. The number of carbonyl (C=O) groups is 2. The van der Waals surface area contributed by atoms with Gasteiger partial charge in [-0.15, -0.1) is 11.8 Å². The van der Waals surface area contributed by atoms with E-state index in [-0.39, 0.29) is 30.2 Å². The first kappa shape index (κ1) is 26.0. The first-order valence-corrected chi connectivity index (χ1v) is 12.8. The van der Waals surface area contributed by atoms with E-state index in [2.05, 4.69) is 21.2 Å². The highest BCUT2D eigenvalue weighted by Crippen LogP contribution is 2.27. The predicted molar refractivity (Wildman–Crippen MR) is 135 cm³/mol. The molecule has 31 heavy (non-hydrogen) atoms. The Morgan fingerprint density at radius 3 is 2.26 bits per heavy atom. The summed E-state index contributed by atoms with van der Waals surface area (Å²) in [7, 11) is 0. The van der Waals surface area contributed by atoms with Gasteiger partial charge in [0.25, 0.3) is 0 Å². The molecule has 0 aliphatic rings. The lowest BCUT2D eigenvalue weighted by molar-refractivity contribution is -0.139. The van der Waals surface area contributed by atoms with E-state index in [1.807, 2.05) is 45.0 Å². The molecule has 0 saturated heterocycles.